The van der Waals surface area contributed by atoms with Crippen molar-refractivity contribution in [3.8, 4) is 0 Å². The Labute approximate surface area is 165 Å². The monoisotopic (exact) mass is 398 g/mol. The zero-order valence-electron chi connectivity index (χ0n) is 13.6. The van der Waals surface area contributed by atoms with Crippen LogP contribution in [0.15, 0.2) is 58.3 Å². The molecule has 130 valence electrons. The summed E-state index contributed by atoms with van der Waals surface area (Å²) < 4.78 is 0.468. The zero-order valence-corrected chi connectivity index (χ0v) is 16.0. The van der Waals surface area contributed by atoms with E-state index in [0.29, 0.717) is 21.5 Å². The first-order chi connectivity index (χ1) is 12.6. The van der Waals surface area contributed by atoms with E-state index in [0.717, 1.165) is 21.7 Å². The van der Waals surface area contributed by atoms with Gasteiger partial charge >= 0.3 is 0 Å². The average Bonchev–Trinajstić information content (AvgIpc) is 2.95. The number of amides is 2. The standard InChI is InChI=1S/C19H14N2O2S3/c22-17-11-25-15-7-6-13(9-16-18(23)20-19(24)26-16)8-14(15)21(17)10-12-4-2-1-3-5-12/h1-9H,10-11H2,(H,20,23,24). The van der Waals surface area contributed by atoms with Crippen molar-refractivity contribution in [2.24, 2.45) is 0 Å². The molecule has 2 amide bonds. The van der Waals surface area contributed by atoms with Crippen LogP contribution in [0.4, 0.5) is 5.69 Å². The van der Waals surface area contributed by atoms with E-state index >= 15 is 0 Å². The van der Waals surface area contributed by atoms with E-state index in [2.05, 4.69) is 5.32 Å². The maximum atomic E-state index is 12.5. The van der Waals surface area contributed by atoms with E-state index in [1.54, 1.807) is 11.8 Å². The molecule has 0 aromatic heterocycles. The molecule has 0 aliphatic carbocycles. The molecule has 2 heterocycles. The summed E-state index contributed by atoms with van der Waals surface area (Å²) >= 11 is 7.83. The highest BCUT2D eigenvalue weighted by Crippen LogP contribution is 2.38. The molecule has 1 fully saturated rings. The van der Waals surface area contributed by atoms with Crippen molar-refractivity contribution in [3.63, 3.8) is 0 Å². The van der Waals surface area contributed by atoms with Crippen molar-refractivity contribution in [2.45, 2.75) is 11.4 Å². The molecule has 2 aromatic carbocycles. The van der Waals surface area contributed by atoms with Crippen molar-refractivity contribution in [2.75, 3.05) is 10.7 Å². The van der Waals surface area contributed by atoms with E-state index < -0.39 is 0 Å². The highest BCUT2D eigenvalue weighted by Gasteiger charge is 2.26. The second kappa shape index (κ2) is 7.26. The Morgan fingerprint density at radius 1 is 1.15 bits per heavy atom. The number of rotatable bonds is 3. The normalized spacial score (nSPS) is 18.2. The van der Waals surface area contributed by atoms with Gasteiger partial charge in [-0.2, -0.15) is 0 Å². The number of nitrogens with one attached hydrogen (secondary N) is 1. The largest absolute Gasteiger partial charge is 0.307 e. The predicted octanol–water partition coefficient (Wildman–Crippen LogP) is 3.81. The summed E-state index contributed by atoms with van der Waals surface area (Å²) in [6.45, 7) is 0.534. The molecule has 1 saturated heterocycles. The summed E-state index contributed by atoms with van der Waals surface area (Å²) in [5, 5.41) is 2.62. The molecule has 0 unspecified atom stereocenters. The molecule has 0 saturated carbocycles. The number of hydrogen-bond donors (Lipinski definition) is 1. The quantitative estimate of drug-likeness (QED) is 0.629. The predicted molar refractivity (Wildman–Crippen MR) is 111 cm³/mol. The smallest absolute Gasteiger partial charge is 0.263 e. The SMILES string of the molecule is O=C1NC(=S)SC1=Cc1ccc2c(c1)N(Cc1ccccc1)C(=O)CS2. The highest BCUT2D eigenvalue weighted by molar-refractivity contribution is 8.26. The fraction of sp³-hybridized carbons (Fsp3) is 0.105. The van der Waals surface area contributed by atoms with E-state index in [9.17, 15) is 9.59 Å². The molecule has 2 aromatic rings. The lowest BCUT2D eigenvalue weighted by atomic mass is 10.1. The van der Waals surface area contributed by atoms with Crippen molar-refractivity contribution in [3.05, 3.63) is 64.6 Å². The van der Waals surface area contributed by atoms with Gasteiger partial charge in [-0.25, -0.2) is 0 Å². The molecule has 0 atom stereocenters. The van der Waals surface area contributed by atoms with Crippen LogP contribution in [0.2, 0.25) is 0 Å². The number of carbonyl (C=O) groups is 2. The van der Waals surface area contributed by atoms with Crippen LogP contribution < -0.4 is 10.2 Å². The second-order valence-corrected chi connectivity index (χ2v) is 8.57. The molecule has 1 N–H and O–H groups in total. The summed E-state index contributed by atoms with van der Waals surface area (Å²) in [6, 6.07) is 15.9. The molecule has 0 radical (unpaired) electrons. The molecule has 2 aliphatic heterocycles. The van der Waals surface area contributed by atoms with Gasteiger partial charge in [-0.1, -0.05) is 60.4 Å². The first kappa shape index (κ1) is 17.3. The Balaban J connectivity index is 1.68. The molecular weight excluding hydrogens is 384 g/mol. The van der Waals surface area contributed by atoms with Crippen molar-refractivity contribution in [1.29, 1.82) is 0 Å². The van der Waals surface area contributed by atoms with E-state index in [-0.39, 0.29) is 11.8 Å². The molecular formula is C19H14N2O2S3. The number of benzene rings is 2. The van der Waals surface area contributed by atoms with Crippen molar-refractivity contribution < 1.29 is 9.59 Å². The average molecular weight is 399 g/mol. The van der Waals surface area contributed by atoms with Gasteiger partial charge in [0, 0.05) is 4.90 Å². The first-order valence-electron chi connectivity index (χ1n) is 7.96. The van der Waals surface area contributed by atoms with Gasteiger partial charge in [-0.05, 0) is 29.3 Å². The zero-order chi connectivity index (χ0) is 18.1. The highest BCUT2D eigenvalue weighted by atomic mass is 32.2. The van der Waals surface area contributed by atoms with Gasteiger partial charge in [-0.3, -0.25) is 9.59 Å². The Morgan fingerprint density at radius 3 is 2.69 bits per heavy atom. The van der Waals surface area contributed by atoms with Gasteiger partial charge in [0.25, 0.3) is 5.91 Å². The van der Waals surface area contributed by atoms with Gasteiger partial charge in [0.05, 0.1) is 22.9 Å². The number of hydrogen-bond acceptors (Lipinski definition) is 5. The topological polar surface area (TPSA) is 49.4 Å². The fourth-order valence-electron chi connectivity index (χ4n) is 2.82. The summed E-state index contributed by atoms with van der Waals surface area (Å²) in [6.07, 6.45) is 1.81. The third-order valence-electron chi connectivity index (χ3n) is 4.05. The number of thioether (sulfide) groups is 2. The summed E-state index contributed by atoms with van der Waals surface area (Å²) in [5.41, 5.74) is 2.84. The minimum atomic E-state index is -0.177. The third kappa shape index (κ3) is 3.56. The van der Waals surface area contributed by atoms with Crippen LogP contribution in [0.3, 0.4) is 0 Å². The number of anilines is 1. The third-order valence-corrected chi connectivity index (χ3v) is 6.26. The molecule has 2 aliphatic rings. The number of thiocarbonyl (C=S) groups is 1. The van der Waals surface area contributed by atoms with E-state index in [4.69, 9.17) is 12.2 Å². The lowest BCUT2D eigenvalue weighted by Crippen LogP contribution is -2.34. The fourth-order valence-corrected chi connectivity index (χ4v) is 4.78. The maximum absolute atomic E-state index is 12.5. The minimum Gasteiger partial charge on any atom is -0.307 e. The minimum absolute atomic E-state index is 0.0883. The van der Waals surface area contributed by atoms with Gasteiger partial charge in [-0.15, -0.1) is 11.8 Å². The Bertz CT molecular complexity index is 941. The summed E-state index contributed by atoms with van der Waals surface area (Å²) in [4.78, 5) is 27.9. The van der Waals surface area contributed by atoms with Crippen LogP contribution in [0.5, 0.6) is 0 Å². The van der Waals surface area contributed by atoms with Gasteiger partial charge in [0.1, 0.15) is 4.32 Å². The number of carbonyl (C=O) groups excluding carboxylic acids is 2. The van der Waals surface area contributed by atoms with Crippen LogP contribution >= 0.6 is 35.7 Å². The lowest BCUT2D eigenvalue weighted by molar-refractivity contribution is -0.116. The van der Waals surface area contributed by atoms with Gasteiger partial charge in [0.2, 0.25) is 5.91 Å². The second-order valence-electron chi connectivity index (χ2n) is 5.83. The number of nitrogens with zero attached hydrogens (tertiary/aromatic N) is 1. The molecule has 4 nitrogen and oxygen atoms in total. The van der Waals surface area contributed by atoms with E-state index in [1.807, 2.05) is 59.5 Å². The van der Waals surface area contributed by atoms with Crippen LogP contribution in [0.25, 0.3) is 6.08 Å². The Hall–Kier alpha value is -2.09. The molecule has 4 rings (SSSR count). The van der Waals surface area contributed by atoms with Crippen molar-refractivity contribution >= 4 is 63.6 Å². The lowest BCUT2D eigenvalue weighted by Gasteiger charge is -2.29. The first-order valence-corrected chi connectivity index (χ1v) is 10.2. The summed E-state index contributed by atoms with van der Waals surface area (Å²) in [5.74, 6) is 0.349. The van der Waals surface area contributed by atoms with Gasteiger partial charge < -0.3 is 10.2 Å². The Morgan fingerprint density at radius 2 is 1.96 bits per heavy atom. The van der Waals surface area contributed by atoms with Crippen LogP contribution in [0, 0.1) is 0 Å². The van der Waals surface area contributed by atoms with Gasteiger partial charge in [0.15, 0.2) is 0 Å². The summed E-state index contributed by atoms with van der Waals surface area (Å²) in [7, 11) is 0. The molecule has 0 spiro atoms. The molecule has 7 heteroatoms. The van der Waals surface area contributed by atoms with Crippen LogP contribution in [0.1, 0.15) is 11.1 Å². The molecule has 26 heavy (non-hydrogen) atoms. The van der Waals surface area contributed by atoms with E-state index in [1.165, 1.54) is 11.8 Å². The maximum Gasteiger partial charge on any atom is 0.263 e. The van der Waals surface area contributed by atoms with Crippen LogP contribution in [-0.4, -0.2) is 21.9 Å². The molecule has 0 bridgehead atoms. The Kier molecular flexibility index (Phi) is 4.84. The van der Waals surface area contributed by atoms with Crippen molar-refractivity contribution in [1.82, 2.24) is 5.32 Å². The number of fused-ring (bicyclic) bond motifs is 1. The van der Waals surface area contributed by atoms with Crippen LogP contribution in [-0.2, 0) is 16.1 Å².